The Morgan fingerprint density at radius 2 is 1.88 bits per heavy atom. The van der Waals surface area contributed by atoms with Gasteiger partial charge < -0.3 is 10.6 Å². The summed E-state index contributed by atoms with van der Waals surface area (Å²) >= 11 is 5.86. The van der Waals surface area contributed by atoms with Gasteiger partial charge in [-0.25, -0.2) is 17.2 Å². The van der Waals surface area contributed by atoms with Crippen LogP contribution in [0, 0.1) is 0 Å². The topological polar surface area (TPSA) is 58.2 Å². The van der Waals surface area contributed by atoms with E-state index in [4.69, 9.17) is 11.6 Å². The molecule has 8 heteroatoms. The summed E-state index contributed by atoms with van der Waals surface area (Å²) in [6.45, 7) is 1.82. The monoisotopic (exact) mass is 386 g/mol. The summed E-state index contributed by atoms with van der Waals surface area (Å²) in [5.74, 6) is 0. The molecular formula is C17H17ClF2N2O2S. The Morgan fingerprint density at radius 3 is 2.52 bits per heavy atom. The SMILES string of the molecule is O=S(=O)(c1cccc(Cl)c1)c1cccc(C2CNCCN2)c1C(F)F. The summed E-state index contributed by atoms with van der Waals surface area (Å²) in [6, 6.07) is 9.52. The van der Waals surface area contributed by atoms with E-state index in [1.54, 1.807) is 6.07 Å². The minimum Gasteiger partial charge on any atom is -0.314 e. The number of nitrogens with one attached hydrogen (secondary N) is 2. The van der Waals surface area contributed by atoms with Crippen LogP contribution in [0.5, 0.6) is 0 Å². The van der Waals surface area contributed by atoms with Gasteiger partial charge in [0.2, 0.25) is 9.84 Å². The molecule has 1 aliphatic heterocycles. The second kappa shape index (κ2) is 7.37. The average molecular weight is 387 g/mol. The van der Waals surface area contributed by atoms with Crippen LogP contribution in [0.25, 0.3) is 0 Å². The van der Waals surface area contributed by atoms with E-state index in [1.807, 2.05) is 0 Å². The summed E-state index contributed by atoms with van der Waals surface area (Å²) in [6.07, 6.45) is -2.91. The smallest absolute Gasteiger partial charge is 0.265 e. The maximum absolute atomic E-state index is 13.8. The lowest BCUT2D eigenvalue weighted by atomic mass is 9.99. The highest BCUT2D eigenvalue weighted by Crippen LogP contribution is 2.36. The third-order valence-corrected chi connectivity index (χ3v) is 6.18. The van der Waals surface area contributed by atoms with Gasteiger partial charge in [-0.15, -0.1) is 0 Å². The fraction of sp³-hybridized carbons (Fsp3) is 0.294. The Kier molecular flexibility index (Phi) is 5.38. The normalized spacial score (nSPS) is 18.5. The van der Waals surface area contributed by atoms with Crippen molar-refractivity contribution in [2.75, 3.05) is 19.6 Å². The van der Waals surface area contributed by atoms with Gasteiger partial charge in [-0.3, -0.25) is 0 Å². The van der Waals surface area contributed by atoms with Gasteiger partial charge in [0.25, 0.3) is 6.43 Å². The average Bonchev–Trinajstić information content (AvgIpc) is 2.61. The minimum absolute atomic E-state index is 0.103. The van der Waals surface area contributed by atoms with Gasteiger partial charge in [0, 0.05) is 36.3 Å². The van der Waals surface area contributed by atoms with E-state index in [0.717, 1.165) is 6.54 Å². The molecule has 0 radical (unpaired) electrons. The maximum atomic E-state index is 13.8. The van der Waals surface area contributed by atoms with Crippen molar-refractivity contribution in [3.05, 3.63) is 58.6 Å². The maximum Gasteiger partial charge on any atom is 0.265 e. The lowest BCUT2D eigenvalue weighted by Gasteiger charge is -2.27. The largest absolute Gasteiger partial charge is 0.314 e. The molecular weight excluding hydrogens is 370 g/mol. The van der Waals surface area contributed by atoms with E-state index in [2.05, 4.69) is 10.6 Å². The van der Waals surface area contributed by atoms with Crippen molar-refractivity contribution >= 4 is 21.4 Å². The summed E-state index contributed by atoms with van der Waals surface area (Å²) < 4.78 is 53.5. The number of rotatable bonds is 4. The zero-order valence-electron chi connectivity index (χ0n) is 13.2. The molecule has 4 nitrogen and oxygen atoms in total. The molecule has 1 saturated heterocycles. The van der Waals surface area contributed by atoms with Gasteiger partial charge in [-0.2, -0.15) is 0 Å². The summed E-state index contributed by atoms with van der Waals surface area (Å²) in [7, 11) is -4.11. The molecule has 2 aromatic carbocycles. The molecule has 1 atom stereocenters. The third-order valence-electron chi connectivity index (χ3n) is 4.13. The predicted molar refractivity (Wildman–Crippen MR) is 91.9 cm³/mol. The lowest BCUT2D eigenvalue weighted by molar-refractivity contribution is 0.145. The molecule has 134 valence electrons. The number of sulfone groups is 1. The molecule has 1 fully saturated rings. The molecule has 0 saturated carbocycles. The molecule has 2 N–H and O–H groups in total. The van der Waals surface area contributed by atoms with Gasteiger partial charge in [0.15, 0.2) is 0 Å². The van der Waals surface area contributed by atoms with Crippen LogP contribution >= 0.6 is 11.6 Å². The first-order valence-corrected chi connectivity index (χ1v) is 9.63. The van der Waals surface area contributed by atoms with Gasteiger partial charge in [0.1, 0.15) is 0 Å². The molecule has 1 heterocycles. The molecule has 3 rings (SSSR count). The summed E-state index contributed by atoms with van der Waals surface area (Å²) in [5, 5.41) is 6.50. The van der Waals surface area contributed by atoms with Crippen LogP contribution in [0.4, 0.5) is 8.78 Å². The van der Waals surface area contributed by atoms with Crippen molar-refractivity contribution in [2.45, 2.75) is 22.3 Å². The van der Waals surface area contributed by atoms with Crippen LogP contribution in [0.1, 0.15) is 23.6 Å². The molecule has 1 aliphatic rings. The Hall–Kier alpha value is -1.54. The van der Waals surface area contributed by atoms with E-state index >= 15 is 0 Å². The van der Waals surface area contributed by atoms with Crippen LogP contribution in [0.3, 0.4) is 0 Å². The molecule has 0 bridgehead atoms. The zero-order chi connectivity index (χ0) is 18.0. The fourth-order valence-electron chi connectivity index (χ4n) is 2.97. The van der Waals surface area contributed by atoms with E-state index in [0.29, 0.717) is 18.7 Å². The van der Waals surface area contributed by atoms with Crippen molar-refractivity contribution < 1.29 is 17.2 Å². The second-order valence-corrected chi connectivity index (χ2v) is 8.09. The van der Waals surface area contributed by atoms with Gasteiger partial charge in [-0.05, 0) is 29.8 Å². The first-order chi connectivity index (χ1) is 11.9. The van der Waals surface area contributed by atoms with E-state index in [1.165, 1.54) is 36.4 Å². The first kappa shape index (κ1) is 18.3. The fourth-order valence-corrected chi connectivity index (χ4v) is 4.77. The highest BCUT2D eigenvalue weighted by molar-refractivity contribution is 7.91. The van der Waals surface area contributed by atoms with Gasteiger partial charge in [0.05, 0.1) is 9.79 Å². The number of hydrogen-bond acceptors (Lipinski definition) is 4. The Labute approximate surface area is 150 Å². The van der Waals surface area contributed by atoms with Crippen LogP contribution in [-0.4, -0.2) is 28.1 Å². The molecule has 25 heavy (non-hydrogen) atoms. The summed E-state index contributed by atoms with van der Waals surface area (Å²) in [4.78, 5) is -0.483. The molecule has 0 spiro atoms. The lowest BCUT2D eigenvalue weighted by Crippen LogP contribution is -2.43. The van der Waals surface area contributed by atoms with Crippen LogP contribution in [0.15, 0.2) is 52.3 Å². The summed E-state index contributed by atoms with van der Waals surface area (Å²) in [5.41, 5.74) is -0.158. The highest BCUT2D eigenvalue weighted by atomic mass is 35.5. The van der Waals surface area contributed by atoms with Crippen molar-refractivity contribution in [3.8, 4) is 0 Å². The molecule has 2 aromatic rings. The van der Waals surface area contributed by atoms with E-state index in [-0.39, 0.29) is 20.9 Å². The Balaban J connectivity index is 2.15. The molecule has 0 aromatic heterocycles. The number of hydrogen-bond donors (Lipinski definition) is 2. The number of piperazine rings is 1. The van der Waals surface area contributed by atoms with Gasteiger partial charge in [-0.1, -0.05) is 29.8 Å². The first-order valence-electron chi connectivity index (χ1n) is 7.77. The second-order valence-electron chi connectivity index (χ2n) is 5.73. The molecule has 1 unspecified atom stereocenters. The van der Waals surface area contributed by atoms with E-state index in [9.17, 15) is 17.2 Å². The van der Waals surface area contributed by atoms with Crippen molar-refractivity contribution in [2.24, 2.45) is 0 Å². The quantitative estimate of drug-likeness (QED) is 0.846. The van der Waals surface area contributed by atoms with Crippen molar-refractivity contribution in [1.29, 1.82) is 0 Å². The van der Waals surface area contributed by atoms with Crippen molar-refractivity contribution in [1.82, 2.24) is 10.6 Å². The predicted octanol–water partition coefficient (Wildman–Crippen LogP) is 3.34. The molecule has 0 amide bonds. The highest BCUT2D eigenvalue weighted by Gasteiger charge is 2.30. The standard InChI is InChI=1S/C17H17ClF2N2O2S/c18-11-3-1-4-12(9-11)25(23,24)15-6-2-5-13(16(15)17(19)20)14-10-21-7-8-22-14/h1-6,9,14,17,21-22H,7-8,10H2. The van der Waals surface area contributed by atoms with Crippen molar-refractivity contribution in [3.63, 3.8) is 0 Å². The Bertz CT molecular complexity index is 869. The minimum atomic E-state index is -4.11. The van der Waals surface area contributed by atoms with Crippen LogP contribution in [-0.2, 0) is 9.84 Å². The molecule has 0 aliphatic carbocycles. The Morgan fingerprint density at radius 1 is 1.12 bits per heavy atom. The van der Waals surface area contributed by atoms with Crippen LogP contribution in [0.2, 0.25) is 5.02 Å². The number of benzene rings is 2. The zero-order valence-corrected chi connectivity index (χ0v) is 14.7. The van der Waals surface area contributed by atoms with Crippen LogP contribution < -0.4 is 10.6 Å². The number of halogens is 3. The third kappa shape index (κ3) is 3.69. The van der Waals surface area contributed by atoms with Gasteiger partial charge >= 0.3 is 0 Å². The number of alkyl halides is 2. The van der Waals surface area contributed by atoms with E-state index < -0.39 is 21.8 Å².